The van der Waals surface area contributed by atoms with E-state index in [1.54, 1.807) is 0 Å². The van der Waals surface area contributed by atoms with Crippen LogP contribution in [0.3, 0.4) is 0 Å². The number of carbonyl (C=O) groups excluding carboxylic acids is 1. The van der Waals surface area contributed by atoms with Crippen LogP contribution in [0.25, 0.3) is 0 Å². The molecular weight excluding hydrogens is 280 g/mol. The normalized spacial score (nSPS) is 12.2. The van der Waals surface area contributed by atoms with Crippen LogP contribution in [0.15, 0.2) is 22.7 Å². The van der Waals surface area contributed by atoms with Gasteiger partial charge in [-0.15, -0.1) is 0 Å². The maximum Gasteiger partial charge on any atom is 0.241 e. The number of unbranched alkanes of at least 4 members (excludes halogenated alkanes) is 1. The Morgan fingerprint density at radius 3 is 2.88 bits per heavy atom. The van der Waals surface area contributed by atoms with E-state index in [4.69, 9.17) is 5.73 Å². The molecule has 0 aromatic heterocycles. The summed E-state index contributed by atoms with van der Waals surface area (Å²) >= 11 is 3.38. The lowest BCUT2D eigenvalue weighted by Crippen LogP contribution is -2.35. The third kappa shape index (κ3) is 4.48. The number of hydrogen-bond acceptors (Lipinski definition) is 2. The molecule has 1 aromatic carbocycles. The maximum atomic E-state index is 11.8. The first kappa shape index (κ1) is 14.2. The molecule has 1 rings (SSSR count). The third-order valence-electron chi connectivity index (χ3n) is 2.66. The molecule has 0 spiro atoms. The van der Waals surface area contributed by atoms with E-state index in [-0.39, 0.29) is 5.91 Å². The summed E-state index contributed by atoms with van der Waals surface area (Å²) < 4.78 is 0.945. The molecule has 1 aromatic rings. The van der Waals surface area contributed by atoms with Crippen molar-refractivity contribution in [1.29, 1.82) is 0 Å². The highest BCUT2D eigenvalue weighted by Crippen LogP contribution is 2.20. The smallest absolute Gasteiger partial charge is 0.241 e. The molecule has 17 heavy (non-hydrogen) atoms. The lowest BCUT2D eigenvalue weighted by molar-refractivity contribution is -0.117. The van der Waals surface area contributed by atoms with Gasteiger partial charge in [0.25, 0.3) is 0 Å². The van der Waals surface area contributed by atoms with Crippen molar-refractivity contribution in [1.82, 2.24) is 0 Å². The van der Waals surface area contributed by atoms with E-state index in [1.807, 2.05) is 25.1 Å². The van der Waals surface area contributed by atoms with E-state index in [0.717, 1.165) is 35.0 Å². The molecular formula is C13H19BrN2O. The zero-order valence-corrected chi connectivity index (χ0v) is 11.9. The van der Waals surface area contributed by atoms with Crippen molar-refractivity contribution in [2.24, 2.45) is 5.73 Å². The zero-order chi connectivity index (χ0) is 12.8. The topological polar surface area (TPSA) is 55.1 Å². The van der Waals surface area contributed by atoms with E-state index in [9.17, 15) is 4.79 Å². The van der Waals surface area contributed by atoms with Crippen molar-refractivity contribution in [3.8, 4) is 0 Å². The molecule has 3 nitrogen and oxygen atoms in total. The number of nitrogens with one attached hydrogen (secondary N) is 1. The number of rotatable bonds is 5. The second-order valence-corrected chi connectivity index (χ2v) is 5.11. The van der Waals surface area contributed by atoms with Gasteiger partial charge in [0.2, 0.25) is 5.91 Å². The molecule has 4 heteroatoms. The van der Waals surface area contributed by atoms with Crippen LogP contribution < -0.4 is 11.1 Å². The molecule has 1 amide bonds. The molecule has 94 valence electrons. The lowest BCUT2D eigenvalue weighted by Gasteiger charge is -2.13. The Balaban J connectivity index is 2.64. The first-order valence-electron chi connectivity index (χ1n) is 5.87. The molecule has 0 saturated carbocycles. The van der Waals surface area contributed by atoms with Crippen molar-refractivity contribution >= 4 is 27.5 Å². The molecule has 1 atom stereocenters. The molecule has 0 radical (unpaired) electrons. The third-order valence-corrected chi connectivity index (χ3v) is 3.16. The van der Waals surface area contributed by atoms with Gasteiger partial charge in [0.1, 0.15) is 0 Å². The summed E-state index contributed by atoms with van der Waals surface area (Å²) in [5.74, 6) is -0.111. The van der Waals surface area contributed by atoms with Gasteiger partial charge in [-0.1, -0.05) is 41.8 Å². The molecule has 0 unspecified atom stereocenters. The van der Waals surface area contributed by atoms with Gasteiger partial charge < -0.3 is 11.1 Å². The quantitative estimate of drug-likeness (QED) is 0.877. The molecule has 0 aliphatic heterocycles. The second kappa shape index (κ2) is 6.77. The van der Waals surface area contributed by atoms with Crippen LogP contribution >= 0.6 is 15.9 Å². The Labute approximate surface area is 111 Å². The van der Waals surface area contributed by atoms with Gasteiger partial charge in [-0.3, -0.25) is 4.79 Å². The average molecular weight is 299 g/mol. The highest BCUT2D eigenvalue weighted by molar-refractivity contribution is 9.10. The summed E-state index contributed by atoms with van der Waals surface area (Å²) in [6.45, 7) is 4.04. The lowest BCUT2D eigenvalue weighted by atomic mass is 10.1. The fourth-order valence-corrected chi connectivity index (χ4v) is 1.87. The number of hydrogen-bond donors (Lipinski definition) is 2. The SMILES string of the molecule is CCCC[C@H](N)C(=O)Nc1cc(Br)ccc1C. The number of benzene rings is 1. The predicted molar refractivity (Wildman–Crippen MR) is 75.0 cm³/mol. The molecule has 0 saturated heterocycles. The van der Waals surface area contributed by atoms with E-state index < -0.39 is 6.04 Å². The number of amides is 1. The van der Waals surface area contributed by atoms with Gasteiger partial charge >= 0.3 is 0 Å². The van der Waals surface area contributed by atoms with E-state index in [1.165, 1.54) is 0 Å². The van der Waals surface area contributed by atoms with Gasteiger partial charge in [0, 0.05) is 10.2 Å². The Bertz CT molecular complexity index is 393. The Morgan fingerprint density at radius 2 is 2.24 bits per heavy atom. The van der Waals surface area contributed by atoms with Crippen LogP contribution in [0.5, 0.6) is 0 Å². The molecule has 0 aliphatic rings. The fourth-order valence-electron chi connectivity index (χ4n) is 1.51. The monoisotopic (exact) mass is 298 g/mol. The minimum absolute atomic E-state index is 0.111. The summed E-state index contributed by atoms with van der Waals surface area (Å²) in [6, 6.07) is 5.37. The van der Waals surface area contributed by atoms with E-state index in [0.29, 0.717) is 0 Å². The highest BCUT2D eigenvalue weighted by atomic mass is 79.9. The van der Waals surface area contributed by atoms with Gasteiger partial charge in [0.05, 0.1) is 6.04 Å². The van der Waals surface area contributed by atoms with Crippen molar-refractivity contribution in [2.75, 3.05) is 5.32 Å². The largest absolute Gasteiger partial charge is 0.324 e. The number of halogens is 1. The molecule has 0 heterocycles. The molecule has 0 aliphatic carbocycles. The van der Waals surface area contributed by atoms with Crippen molar-refractivity contribution < 1.29 is 4.79 Å². The van der Waals surface area contributed by atoms with E-state index in [2.05, 4.69) is 28.2 Å². The van der Waals surface area contributed by atoms with E-state index >= 15 is 0 Å². The van der Waals surface area contributed by atoms with Crippen LogP contribution in [-0.2, 0) is 4.79 Å². The van der Waals surface area contributed by atoms with Gasteiger partial charge in [-0.25, -0.2) is 0 Å². The second-order valence-electron chi connectivity index (χ2n) is 4.20. The molecule has 0 fully saturated rings. The standard InChI is InChI=1S/C13H19BrN2O/c1-3-4-5-11(15)13(17)16-12-8-10(14)7-6-9(12)2/h6-8,11H,3-5,15H2,1-2H3,(H,16,17)/t11-/m0/s1. The van der Waals surface area contributed by atoms with Crippen LogP contribution in [-0.4, -0.2) is 11.9 Å². The average Bonchev–Trinajstić information content (AvgIpc) is 2.30. The Kier molecular flexibility index (Phi) is 5.65. The zero-order valence-electron chi connectivity index (χ0n) is 10.3. The fraction of sp³-hybridized carbons (Fsp3) is 0.462. The number of carbonyl (C=O) groups is 1. The summed E-state index contributed by atoms with van der Waals surface area (Å²) in [7, 11) is 0. The van der Waals surface area contributed by atoms with Crippen LogP contribution in [0.4, 0.5) is 5.69 Å². The van der Waals surface area contributed by atoms with Gasteiger partial charge in [-0.2, -0.15) is 0 Å². The van der Waals surface area contributed by atoms with Crippen LogP contribution in [0.1, 0.15) is 31.7 Å². The van der Waals surface area contributed by atoms with Gasteiger partial charge in [-0.05, 0) is 31.0 Å². The Hall–Kier alpha value is -0.870. The van der Waals surface area contributed by atoms with Crippen LogP contribution in [0, 0.1) is 6.92 Å². The summed E-state index contributed by atoms with van der Waals surface area (Å²) in [5.41, 5.74) is 7.66. The Morgan fingerprint density at radius 1 is 1.53 bits per heavy atom. The van der Waals surface area contributed by atoms with Crippen molar-refractivity contribution in [3.05, 3.63) is 28.2 Å². The molecule has 3 N–H and O–H groups in total. The summed E-state index contributed by atoms with van der Waals surface area (Å²) in [5, 5.41) is 2.87. The number of anilines is 1. The van der Waals surface area contributed by atoms with Crippen molar-refractivity contribution in [2.45, 2.75) is 39.2 Å². The predicted octanol–water partition coefficient (Wildman–Crippen LogP) is 3.21. The number of aryl methyl sites for hydroxylation is 1. The maximum absolute atomic E-state index is 11.8. The van der Waals surface area contributed by atoms with Crippen LogP contribution in [0.2, 0.25) is 0 Å². The minimum atomic E-state index is -0.423. The number of nitrogens with two attached hydrogens (primary N) is 1. The minimum Gasteiger partial charge on any atom is -0.324 e. The highest BCUT2D eigenvalue weighted by Gasteiger charge is 2.13. The van der Waals surface area contributed by atoms with Crippen molar-refractivity contribution in [3.63, 3.8) is 0 Å². The summed E-state index contributed by atoms with van der Waals surface area (Å²) in [4.78, 5) is 11.8. The first-order valence-corrected chi connectivity index (χ1v) is 6.66. The first-order chi connectivity index (χ1) is 8.04. The molecule has 0 bridgehead atoms. The van der Waals surface area contributed by atoms with Gasteiger partial charge in [0.15, 0.2) is 0 Å². The summed E-state index contributed by atoms with van der Waals surface area (Å²) in [6.07, 6.45) is 2.76.